The highest BCUT2D eigenvalue weighted by molar-refractivity contribution is 5.93. The molecule has 5 nitrogen and oxygen atoms in total. The fraction of sp³-hybridized carbons (Fsp3) is 0.200. The van der Waals surface area contributed by atoms with Gasteiger partial charge in [0.1, 0.15) is 12.4 Å². The van der Waals surface area contributed by atoms with Gasteiger partial charge in [-0.25, -0.2) is 4.68 Å². The Morgan fingerprint density at radius 2 is 1.84 bits per heavy atom. The molecule has 25 heavy (non-hydrogen) atoms. The summed E-state index contributed by atoms with van der Waals surface area (Å²) in [4.78, 5) is 14.2. The van der Waals surface area contributed by atoms with E-state index in [0.29, 0.717) is 18.7 Å². The van der Waals surface area contributed by atoms with Crippen molar-refractivity contribution in [1.29, 1.82) is 0 Å². The Morgan fingerprint density at radius 3 is 2.60 bits per heavy atom. The van der Waals surface area contributed by atoms with E-state index in [0.717, 1.165) is 17.0 Å². The maximum atomic E-state index is 12.5. The van der Waals surface area contributed by atoms with Crippen molar-refractivity contribution in [2.45, 2.75) is 6.92 Å². The molecule has 1 heterocycles. The van der Waals surface area contributed by atoms with Crippen LogP contribution in [0.2, 0.25) is 0 Å². The molecule has 0 aliphatic heterocycles. The van der Waals surface area contributed by atoms with Crippen molar-refractivity contribution < 1.29 is 9.53 Å². The normalized spacial score (nSPS) is 10.5. The van der Waals surface area contributed by atoms with E-state index in [1.54, 1.807) is 29.0 Å². The van der Waals surface area contributed by atoms with Crippen LogP contribution in [-0.4, -0.2) is 40.8 Å². The number of likely N-dealkylation sites (N-methyl/N-ethyl adjacent to an activating group) is 1. The molecule has 0 saturated heterocycles. The van der Waals surface area contributed by atoms with Gasteiger partial charge in [-0.3, -0.25) is 4.79 Å². The number of amides is 1. The van der Waals surface area contributed by atoms with Crippen LogP contribution in [0.15, 0.2) is 67.0 Å². The Morgan fingerprint density at radius 1 is 1.12 bits per heavy atom. The third-order valence-corrected chi connectivity index (χ3v) is 3.97. The summed E-state index contributed by atoms with van der Waals surface area (Å²) in [7, 11) is 1.77. The van der Waals surface area contributed by atoms with E-state index < -0.39 is 0 Å². The fourth-order valence-corrected chi connectivity index (χ4v) is 2.49. The molecular formula is C20H21N3O2. The second-order valence-corrected chi connectivity index (χ2v) is 5.85. The van der Waals surface area contributed by atoms with Crippen molar-refractivity contribution in [3.63, 3.8) is 0 Å². The van der Waals surface area contributed by atoms with E-state index in [2.05, 4.69) is 5.10 Å². The average molecular weight is 335 g/mol. The molecule has 3 aromatic rings. The van der Waals surface area contributed by atoms with Gasteiger partial charge in [0.2, 0.25) is 0 Å². The van der Waals surface area contributed by atoms with Gasteiger partial charge in [0, 0.05) is 13.2 Å². The average Bonchev–Trinajstić information content (AvgIpc) is 3.13. The van der Waals surface area contributed by atoms with E-state index >= 15 is 0 Å². The predicted octanol–water partition coefficient (Wildman–Crippen LogP) is 3.33. The van der Waals surface area contributed by atoms with Crippen molar-refractivity contribution >= 4 is 5.91 Å². The van der Waals surface area contributed by atoms with E-state index in [1.165, 1.54) is 0 Å². The smallest absolute Gasteiger partial charge is 0.256 e. The molecule has 0 bridgehead atoms. The zero-order chi connectivity index (χ0) is 17.6. The predicted molar refractivity (Wildman–Crippen MR) is 97.2 cm³/mol. The number of hydrogen-bond acceptors (Lipinski definition) is 3. The number of aryl methyl sites for hydroxylation is 1. The molecule has 0 fully saturated rings. The standard InChI is InChI=1S/C20H21N3O2/c1-16-8-6-7-11-19(16)25-13-12-22(2)20(24)17-14-21-23(15-17)18-9-4-3-5-10-18/h3-11,14-15H,12-13H2,1-2H3. The molecular weight excluding hydrogens is 314 g/mol. The first-order valence-electron chi connectivity index (χ1n) is 8.19. The second kappa shape index (κ2) is 7.66. The number of carbonyl (C=O) groups is 1. The van der Waals surface area contributed by atoms with Crippen LogP contribution in [0.3, 0.4) is 0 Å². The zero-order valence-electron chi connectivity index (χ0n) is 14.4. The minimum absolute atomic E-state index is 0.0736. The zero-order valence-corrected chi connectivity index (χ0v) is 14.4. The van der Waals surface area contributed by atoms with Crippen LogP contribution in [0.5, 0.6) is 5.75 Å². The molecule has 3 rings (SSSR count). The van der Waals surface area contributed by atoms with Crippen LogP contribution < -0.4 is 4.74 Å². The SMILES string of the molecule is Cc1ccccc1OCCN(C)C(=O)c1cnn(-c2ccccc2)c1. The summed E-state index contributed by atoms with van der Waals surface area (Å²) in [6, 6.07) is 17.6. The number of aromatic nitrogens is 2. The summed E-state index contributed by atoms with van der Waals surface area (Å²) in [6.45, 7) is 2.95. The molecule has 128 valence electrons. The van der Waals surface area contributed by atoms with Crippen LogP contribution in [0, 0.1) is 6.92 Å². The van der Waals surface area contributed by atoms with Crippen molar-refractivity contribution in [1.82, 2.24) is 14.7 Å². The molecule has 5 heteroatoms. The van der Waals surface area contributed by atoms with Crippen molar-refractivity contribution in [3.8, 4) is 11.4 Å². The Hall–Kier alpha value is -3.08. The Balaban J connectivity index is 1.57. The third-order valence-electron chi connectivity index (χ3n) is 3.97. The molecule has 1 aromatic heterocycles. The minimum atomic E-state index is -0.0736. The Bertz CT molecular complexity index is 843. The van der Waals surface area contributed by atoms with Crippen LogP contribution >= 0.6 is 0 Å². The lowest BCUT2D eigenvalue weighted by Crippen LogP contribution is -2.30. The van der Waals surface area contributed by atoms with Crippen molar-refractivity contribution in [3.05, 3.63) is 78.1 Å². The summed E-state index contributed by atoms with van der Waals surface area (Å²) < 4.78 is 7.45. The van der Waals surface area contributed by atoms with Crippen LogP contribution in [0.1, 0.15) is 15.9 Å². The summed E-state index contributed by atoms with van der Waals surface area (Å²) >= 11 is 0. The monoisotopic (exact) mass is 335 g/mol. The molecule has 0 N–H and O–H groups in total. The summed E-state index contributed by atoms with van der Waals surface area (Å²) in [6.07, 6.45) is 3.34. The van der Waals surface area contributed by atoms with Gasteiger partial charge in [0.05, 0.1) is 24.0 Å². The first-order chi connectivity index (χ1) is 12.1. The van der Waals surface area contributed by atoms with Gasteiger partial charge in [-0.1, -0.05) is 36.4 Å². The fourth-order valence-electron chi connectivity index (χ4n) is 2.49. The Kier molecular flexibility index (Phi) is 5.14. The van der Waals surface area contributed by atoms with E-state index in [9.17, 15) is 4.79 Å². The highest BCUT2D eigenvalue weighted by atomic mass is 16.5. The summed E-state index contributed by atoms with van der Waals surface area (Å²) in [5.41, 5.74) is 2.56. The number of rotatable bonds is 6. The first kappa shape index (κ1) is 16.8. The molecule has 0 aliphatic carbocycles. The van der Waals surface area contributed by atoms with Gasteiger partial charge >= 0.3 is 0 Å². The van der Waals surface area contributed by atoms with Gasteiger partial charge < -0.3 is 9.64 Å². The van der Waals surface area contributed by atoms with Gasteiger partial charge in [-0.05, 0) is 30.7 Å². The highest BCUT2D eigenvalue weighted by Crippen LogP contribution is 2.16. The van der Waals surface area contributed by atoms with Gasteiger partial charge in [-0.2, -0.15) is 5.10 Å². The van der Waals surface area contributed by atoms with E-state index in [-0.39, 0.29) is 5.91 Å². The molecule has 0 atom stereocenters. The minimum Gasteiger partial charge on any atom is -0.491 e. The highest BCUT2D eigenvalue weighted by Gasteiger charge is 2.14. The maximum Gasteiger partial charge on any atom is 0.256 e. The number of para-hydroxylation sites is 2. The molecule has 0 unspecified atom stereocenters. The van der Waals surface area contributed by atoms with E-state index in [4.69, 9.17) is 4.74 Å². The number of hydrogen-bond donors (Lipinski definition) is 0. The molecule has 2 aromatic carbocycles. The topological polar surface area (TPSA) is 47.4 Å². The lowest BCUT2D eigenvalue weighted by atomic mass is 10.2. The lowest BCUT2D eigenvalue weighted by molar-refractivity contribution is 0.0773. The molecule has 0 spiro atoms. The number of carbonyl (C=O) groups excluding carboxylic acids is 1. The van der Waals surface area contributed by atoms with Crippen LogP contribution in [-0.2, 0) is 0 Å². The van der Waals surface area contributed by atoms with Crippen LogP contribution in [0.4, 0.5) is 0 Å². The number of nitrogens with zero attached hydrogens (tertiary/aromatic N) is 3. The Labute approximate surface area is 147 Å². The van der Waals surface area contributed by atoms with Gasteiger partial charge in [-0.15, -0.1) is 0 Å². The van der Waals surface area contributed by atoms with Gasteiger partial charge in [0.15, 0.2) is 0 Å². The molecule has 0 saturated carbocycles. The number of benzene rings is 2. The van der Waals surface area contributed by atoms with E-state index in [1.807, 2.05) is 61.5 Å². The van der Waals surface area contributed by atoms with Crippen molar-refractivity contribution in [2.24, 2.45) is 0 Å². The quantitative estimate of drug-likeness (QED) is 0.694. The summed E-state index contributed by atoms with van der Waals surface area (Å²) in [5.74, 6) is 0.774. The molecule has 0 radical (unpaired) electrons. The molecule has 1 amide bonds. The van der Waals surface area contributed by atoms with Crippen LogP contribution in [0.25, 0.3) is 5.69 Å². The maximum absolute atomic E-state index is 12.5. The molecule has 0 aliphatic rings. The third kappa shape index (κ3) is 4.07. The first-order valence-corrected chi connectivity index (χ1v) is 8.19. The lowest BCUT2D eigenvalue weighted by Gasteiger charge is -2.17. The second-order valence-electron chi connectivity index (χ2n) is 5.85. The van der Waals surface area contributed by atoms with Gasteiger partial charge in [0.25, 0.3) is 5.91 Å². The summed E-state index contributed by atoms with van der Waals surface area (Å²) in [5, 5.41) is 4.27. The largest absolute Gasteiger partial charge is 0.491 e. The number of ether oxygens (including phenoxy) is 1. The van der Waals surface area contributed by atoms with Crippen molar-refractivity contribution in [2.75, 3.05) is 20.2 Å².